The van der Waals surface area contributed by atoms with Gasteiger partial charge in [0.05, 0.1) is 21.5 Å². The van der Waals surface area contributed by atoms with Crippen molar-refractivity contribution in [1.82, 2.24) is 0 Å². The third-order valence-electron chi connectivity index (χ3n) is 3.70. The summed E-state index contributed by atoms with van der Waals surface area (Å²) in [6, 6.07) is 7.33. The van der Waals surface area contributed by atoms with E-state index in [4.69, 9.17) is 0 Å². The average Bonchev–Trinajstić information content (AvgIpc) is 2.81. The molecule has 9 heteroatoms. The third kappa shape index (κ3) is 2.53. The van der Waals surface area contributed by atoms with Gasteiger partial charge in [0.15, 0.2) is 11.6 Å². The molecule has 0 saturated carbocycles. The molecule has 0 fully saturated rings. The SMILES string of the molecule is O=C1C(=Cc2cc([N+](=O)[O-])cc([N+](=O)[O-])c2[O-])C(=O)c2ccccc21. The number of hydrogen-bond donors (Lipinski definition) is 0. The first-order valence-electron chi connectivity index (χ1n) is 6.85. The van der Waals surface area contributed by atoms with Crippen LogP contribution in [-0.4, -0.2) is 21.4 Å². The molecule has 0 spiro atoms. The molecule has 0 heterocycles. The van der Waals surface area contributed by atoms with Crippen molar-refractivity contribution in [3.63, 3.8) is 0 Å². The molecule has 25 heavy (non-hydrogen) atoms. The molecule has 0 unspecified atom stereocenters. The molecule has 2 aromatic rings. The van der Waals surface area contributed by atoms with E-state index in [1.54, 1.807) is 12.1 Å². The Morgan fingerprint density at radius 3 is 1.92 bits per heavy atom. The number of benzene rings is 2. The summed E-state index contributed by atoms with van der Waals surface area (Å²) >= 11 is 0. The number of fused-ring (bicyclic) bond motifs is 1. The lowest BCUT2D eigenvalue weighted by Gasteiger charge is -2.11. The molecule has 0 amide bonds. The maximum atomic E-state index is 12.3. The molecule has 0 N–H and O–H groups in total. The second-order valence-electron chi connectivity index (χ2n) is 5.16. The number of rotatable bonds is 3. The lowest BCUT2D eigenvalue weighted by Crippen LogP contribution is -2.05. The van der Waals surface area contributed by atoms with Crippen LogP contribution in [0.5, 0.6) is 5.75 Å². The Labute approximate surface area is 139 Å². The fraction of sp³-hybridized carbons (Fsp3) is 0. The van der Waals surface area contributed by atoms with Crippen LogP contribution < -0.4 is 5.11 Å². The van der Waals surface area contributed by atoms with Crippen LogP contribution in [0.3, 0.4) is 0 Å². The number of non-ortho nitro benzene ring substituents is 1. The Hall–Kier alpha value is -3.88. The van der Waals surface area contributed by atoms with Gasteiger partial charge >= 0.3 is 0 Å². The number of nitrogens with zero attached hydrogens (tertiary/aromatic N) is 2. The monoisotopic (exact) mass is 339 g/mol. The Bertz CT molecular complexity index is 971. The van der Waals surface area contributed by atoms with E-state index in [0.29, 0.717) is 6.07 Å². The van der Waals surface area contributed by atoms with Crippen LogP contribution in [0.2, 0.25) is 0 Å². The van der Waals surface area contributed by atoms with Gasteiger partial charge in [-0.3, -0.25) is 29.8 Å². The zero-order valence-corrected chi connectivity index (χ0v) is 12.3. The van der Waals surface area contributed by atoms with Gasteiger partial charge in [0.1, 0.15) is 0 Å². The van der Waals surface area contributed by atoms with E-state index >= 15 is 0 Å². The van der Waals surface area contributed by atoms with Crippen molar-refractivity contribution in [2.45, 2.75) is 0 Å². The van der Waals surface area contributed by atoms with Gasteiger partial charge in [-0.1, -0.05) is 24.3 Å². The van der Waals surface area contributed by atoms with E-state index in [0.717, 1.165) is 12.1 Å². The maximum absolute atomic E-state index is 12.3. The van der Waals surface area contributed by atoms with Crippen LogP contribution in [0.25, 0.3) is 6.08 Å². The number of allylic oxidation sites excluding steroid dienone is 1. The van der Waals surface area contributed by atoms with Gasteiger partial charge in [0.25, 0.3) is 11.4 Å². The van der Waals surface area contributed by atoms with Crippen LogP contribution in [0, 0.1) is 20.2 Å². The quantitative estimate of drug-likeness (QED) is 0.360. The summed E-state index contributed by atoms with van der Waals surface area (Å²) in [4.78, 5) is 44.5. The summed E-state index contributed by atoms with van der Waals surface area (Å²) in [7, 11) is 0. The molecule has 0 radical (unpaired) electrons. The Morgan fingerprint density at radius 2 is 1.44 bits per heavy atom. The van der Waals surface area contributed by atoms with Crippen LogP contribution >= 0.6 is 0 Å². The van der Waals surface area contributed by atoms with Crippen LogP contribution in [0.1, 0.15) is 26.3 Å². The number of carbonyl (C=O) groups excluding carboxylic acids is 2. The van der Waals surface area contributed by atoms with Crippen LogP contribution in [0.4, 0.5) is 11.4 Å². The van der Waals surface area contributed by atoms with Gasteiger partial charge in [0, 0.05) is 17.2 Å². The predicted octanol–water partition coefficient (Wildman–Crippen LogP) is 2.04. The average molecular weight is 339 g/mol. The summed E-state index contributed by atoms with van der Waals surface area (Å²) < 4.78 is 0. The Kier molecular flexibility index (Phi) is 3.61. The molecule has 1 aliphatic carbocycles. The fourth-order valence-corrected chi connectivity index (χ4v) is 2.53. The van der Waals surface area contributed by atoms with Gasteiger partial charge in [-0.25, -0.2) is 0 Å². The van der Waals surface area contributed by atoms with Crippen molar-refractivity contribution >= 4 is 29.0 Å². The molecule has 0 aromatic heterocycles. The Balaban J connectivity index is 2.20. The van der Waals surface area contributed by atoms with Gasteiger partial charge in [-0.15, -0.1) is 0 Å². The van der Waals surface area contributed by atoms with E-state index < -0.39 is 44.1 Å². The molecule has 3 rings (SSSR count). The van der Waals surface area contributed by atoms with Crippen LogP contribution in [-0.2, 0) is 0 Å². The summed E-state index contributed by atoms with van der Waals surface area (Å²) in [5.74, 6) is -2.40. The zero-order chi connectivity index (χ0) is 18.3. The lowest BCUT2D eigenvalue weighted by molar-refractivity contribution is -0.403. The summed E-state index contributed by atoms with van der Waals surface area (Å²) in [5, 5.41) is 34.0. The van der Waals surface area contributed by atoms with E-state index in [1.165, 1.54) is 12.1 Å². The van der Waals surface area contributed by atoms with Crippen LogP contribution in [0.15, 0.2) is 42.0 Å². The highest BCUT2D eigenvalue weighted by molar-refractivity contribution is 6.41. The number of nitro groups is 2. The van der Waals surface area contributed by atoms with Crippen molar-refractivity contribution < 1.29 is 24.5 Å². The van der Waals surface area contributed by atoms with Crippen molar-refractivity contribution in [2.75, 3.05) is 0 Å². The van der Waals surface area contributed by atoms with Crippen molar-refractivity contribution in [1.29, 1.82) is 0 Å². The summed E-state index contributed by atoms with van der Waals surface area (Å²) in [6.45, 7) is 0. The van der Waals surface area contributed by atoms with Crippen molar-refractivity contribution in [3.8, 4) is 5.75 Å². The maximum Gasteiger partial charge on any atom is 0.276 e. The molecule has 2 aromatic carbocycles. The minimum atomic E-state index is -1.11. The molecule has 0 saturated heterocycles. The second-order valence-corrected chi connectivity index (χ2v) is 5.16. The number of ketones is 2. The van der Waals surface area contributed by atoms with Crippen molar-refractivity contribution in [3.05, 3.63) is 78.9 Å². The first-order chi connectivity index (χ1) is 11.8. The summed E-state index contributed by atoms with van der Waals surface area (Å²) in [5.41, 5.74) is -2.24. The topological polar surface area (TPSA) is 143 Å². The molecule has 9 nitrogen and oxygen atoms in total. The normalized spacial score (nSPS) is 12.9. The third-order valence-corrected chi connectivity index (χ3v) is 3.70. The van der Waals surface area contributed by atoms with E-state index in [9.17, 15) is 34.9 Å². The minimum absolute atomic E-state index is 0.145. The fourth-order valence-electron chi connectivity index (χ4n) is 2.53. The number of hydrogen-bond acceptors (Lipinski definition) is 7. The number of Topliss-reactive ketones (excluding diaryl/α,β-unsaturated/α-hetero) is 2. The van der Waals surface area contributed by atoms with E-state index in [1.807, 2.05) is 0 Å². The van der Waals surface area contributed by atoms with E-state index in [-0.39, 0.29) is 16.7 Å². The molecule has 0 atom stereocenters. The van der Waals surface area contributed by atoms with Gasteiger partial charge in [0.2, 0.25) is 0 Å². The smallest absolute Gasteiger partial charge is 0.276 e. The molecule has 0 bridgehead atoms. The molecule has 1 aliphatic rings. The van der Waals surface area contributed by atoms with Gasteiger partial charge < -0.3 is 5.11 Å². The lowest BCUT2D eigenvalue weighted by atomic mass is 10.0. The highest BCUT2D eigenvalue weighted by atomic mass is 16.6. The highest BCUT2D eigenvalue weighted by Gasteiger charge is 2.33. The number of carbonyl (C=O) groups is 2. The van der Waals surface area contributed by atoms with Gasteiger partial charge in [-0.05, 0) is 17.4 Å². The highest BCUT2D eigenvalue weighted by Crippen LogP contribution is 2.35. The molecular formula is C16H7N2O7-. The molecule has 0 aliphatic heterocycles. The summed E-state index contributed by atoms with van der Waals surface area (Å²) in [6.07, 6.45) is 0.868. The predicted molar refractivity (Wildman–Crippen MR) is 82.3 cm³/mol. The molecular weight excluding hydrogens is 332 g/mol. The van der Waals surface area contributed by atoms with Gasteiger partial charge in [-0.2, -0.15) is 0 Å². The number of nitro benzene ring substituents is 2. The largest absolute Gasteiger partial charge is 0.867 e. The Morgan fingerprint density at radius 1 is 0.880 bits per heavy atom. The standard InChI is InChI=1S/C16H8N2O7/c19-14-8(5-9(17(22)23)7-13(14)18(24)25)6-12-15(20)10-3-1-2-4-11(10)16(12)21/h1-7,19H/p-1. The zero-order valence-electron chi connectivity index (χ0n) is 12.3. The molecule has 124 valence electrons. The minimum Gasteiger partial charge on any atom is -0.867 e. The van der Waals surface area contributed by atoms with E-state index in [2.05, 4.69) is 0 Å². The van der Waals surface area contributed by atoms with Crippen molar-refractivity contribution in [2.24, 2.45) is 0 Å². The second kappa shape index (κ2) is 5.64. The first kappa shape index (κ1) is 16.0. The first-order valence-corrected chi connectivity index (χ1v) is 6.85.